The number of carbonyl (C=O) groups excluding carboxylic acids is 2. The molecule has 0 bridgehead atoms. The first kappa shape index (κ1) is 16.1. The summed E-state index contributed by atoms with van der Waals surface area (Å²) < 4.78 is 16.2. The highest BCUT2D eigenvalue weighted by molar-refractivity contribution is 5.99. The standard InChI is InChI=1S/C19H18O5/c1-12-7-8-13(2)14(9-12)15(20)10-23-19(21)18-11-22-16-5-3-4-6-17(16)24-18/h3-9,18H,10-11H2,1-2H3/t18-/m0/s1. The van der Waals surface area contributed by atoms with Crippen LogP contribution in [0.2, 0.25) is 0 Å². The number of fused-ring (bicyclic) bond motifs is 1. The minimum atomic E-state index is -0.869. The van der Waals surface area contributed by atoms with Crippen LogP contribution in [0.4, 0.5) is 0 Å². The van der Waals surface area contributed by atoms with E-state index in [1.54, 1.807) is 24.3 Å². The highest BCUT2D eigenvalue weighted by atomic mass is 16.6. The van der Waals surface area contributed by atoms with Crippen molar-refractivity contribution in [3.05, 3.63) is 59.2 Å². The number of hydrogen-bond donors (Lipinski definition) is 0. The van der Waals surface area contributed by atoms with Crippen LogP contribution in [0, 0.1) is 13.8 Å². The minimum Gasteiger partial charge on any atom is -0.485 e. The second-order valence-electron chi connectivity index (χ2n) is 5.71. The molecule has 0 fully saturated rings. The van der Waals surface area contributed by atoms with Gasteiger partial charge in [-0.3, -0.25) is 4.79 Å². The third-order valence-electron chi connectivity index (χ3n) is 3.81. The largest absolute Gasteiger partial charge is 0.485 e. The van der Waals surface area contributed by atoms with Crippen LogP contribution in [0.15, 0.2) is 42.5 Å². The maximum Gasteiger partial charge on any atom is 0.351 e. The van der Waals surface area contributed by atoms with E-state index >= 15 is 0 Å². The molecule has 1 heterocycles. The van der Waals surface area contributed by atoms with Gasteiger partial charge in [0.05, 0.1) is 0 Å². The first-order valence-corrected chi connectivity index (χ1v) is 7.70. The molecule has 0 spiro atoms. The lowest BCUT2D eigenvalue weighted by Gasteiger charge is -2.24. The van der Waals surface area contributed by atoms with Crippen molar-refractivity contribution in [2.24, 2.45) is 0 Å². The van der Waals surface area contributed by atoms with Crippen LogP contribution in [0.3, 0.4) is 0 Å². The van der Waals surface area contributed by atoms with Crippen LogP contribution in [0.1, 0.15) is 21.5 Å². The van der Waals surface area contributed by atoms with Gasteiger partial charge in [0.25, 0.3) is 0 Å². The smallest absolute Gasteiger partial charge is 0.351 e. The number of ketones is 1. The Hall–Kier alpha value is -2.82. The molecule has 0 radical (unpaired) electrons. The number of rotatable bonds is 4. The fourth-order valence-electron chi connectivity index (χ4n) is 2.48. The third-order valence-corrected chi connectivity index (χ3v) is 3.81. The number of carbonyl (C=O) groups is 2. The van der Waals surface area contributed by atoms with Crippen molar-refractivity contribution in [2.45, 2.75) is 20.0 Å². The van der Waals surface area contributed by atoms with Gasteiger partial charge in [0.1, 0.15) is 6.61 Å². The quantitative estimate of drug-likeness (QED) is 0.638. The van der Waals surface area contributed by atoms with E-state index in [0.29, 0.717) is 17.1 Å². The summed E-state index contributed by atoms with van der Waals surface area (Å²) in [4.78, 5) is 24.4. The Balaban J connectivity index is 1.60. The molecule has 1 aliphatic heterocycles. The number of aryl methyl sites for hydroxylation is 2. The molecule has 124 valence electrons. The fourth-order valence-corrected chi connectivity index (χ4v) is 2.48. The van der Waals surface area contributed by atoms with Crippen LogP contribution in [0.5, 0.6) is 11.5 Å². The predicted octanol–water partition coefficient (Wildman–Crippen LogP) is 2.87. The van der Waals surface area contributed by atoms with E-state index in [9.17, 15) is 9.59 Å². The lowest BCUT2D eigenvalue weighted by atomic mass is 10.0. The first-order chi connectivity index (χ1) is 11.5. The van der Waals surface area contributed by atoms with E-state index in [1.807, 2.05) is 32.0 Å². The number of Topliss-reactive ketones (excluding diaryl/α,β-unsaturated/α-hetero) is 1. The summed E-state index contributed by atoms with van der Waals surface area (Å²) in [5, 5.41) is 0. The Kier molecular flexibility index (Phi) is 4.51. The SMILES string of the molecule is Cc1ccc(C)c(C(=O)COC(=O)[C@@H]2COc3ccccc3O2)c1. The summed E-state index contributed by atoms with van der Waals surface area (Å²) in [5.41, 5.74) is 2.40. The van der Waals surface area contributed by atoms with Crippen molar-refractivity contribution in [3.63, 3.8) is 0 Å². The van der Waals surface area contributed by atoms with E-state index in [-0.39, 0.29) is 19.0 Å². The number of esters is 1. The molecular weight excluding hydrogens is 308 g/mol. The molecule has 0 aromatic heterocycles. The molecule has 2 aromatic carbocycles. The molecule has 5 nitrogen and oxygen atoms in total. The molecule has 0 unspecified atom stereocenters. The monoisotopic (exact) mass is 326 g/mol. The van der Waals surface area contributed by atoms with E-state index in [1.165, 1.54) is 0 Å². The van der Waals surface area contributed by atoms with Gasteiger partial charge >= 0.3 is 5.97 Å². The summed E-state index contributed by atoms with van der Waals surface area (Å²) >= 11 is 0. The Labute approximate surface area is 140 Å². The number of benzene rings is 2. The average Bonchev–Trinajstić information content (AvgIpc) is 2.61. The Morgan fingerprint density at radius 1 is 1.12 bits per heavy atom. The van der Waals surface area contributed by atoms with Crippen LogP contribution < -0.4 is 9.47 Å². The Bertz CT molecular complexity index is 781. The zero-order valence-corrected chi connectivity index (χ0v) is 13.6. The molecule has 0 saturated carbocycles. The topological polar surface area (TPSA) is 61.8 Å². The van der Waals surface area contributed by atoms with Gasteiger partial charge in [0, 0.05) is 5.56 Å². The van der Waals surface area contributed by atoms with Crippen molar-refractivity contribution >= 4 is 11.8 Å². The highest BCUT2D eigenvalue weighted by Gasteiger charge is 2.29. The van der Waals surface area contributed by atoms with Crippen LogP contribution in [-0.2, 0) is 9.53 Å². The lowest BCUT2D eigenvalue weighted by Crippen LogP contribution is -2.38. The zero-order valence-electron chi connectivity index (χ0n) is 13.6. The third kappa shape index (κ3) is 3.40. The van der Waals surface area contributed by atoms with Crippen LogP contribution in [-0.4, -0.2) is 31.1 Å². The number of para-hydroxylation sites is 2. The molecule has 0 aliphatic carbocycles. The summed E-state index contributed by atoms with van der Waals surface area (Å²) in [6, 6.07) is 12.7. The molecular formula is C19H18O5. The Morgan fingerprint density at radius 2 is 1.88 bits per heavy atom. The lowest BCUT2D eigenvalue weighted by molar-refractivity contribution is -0.153. The van der Waals surface area contributed by atoms with E-state index < -0.39 is 12.1 Å². The van der Waals surface area contributed by atoms with Gasteiger partial charge in [-0.2, -0.15) is 0 Å². The second-order valence-corrected chi connectivity index (χ2v) is 5.71. The highest BCUT2D eigenvalue weighted by Crippen LogP contribution is 2.31. The number of ether oxygens (including phenoxy) is 3. The van der Waals surface area contributed by atoms with E-state index in [0.717, 1.165) is 11.1 Å². The molecule has 24 heavy (non-hydrogen) atoms. The molecule has 0 N–H and O–H groups in total. The fraction of sp³-hybridized carbons (Fsp3) is 0.263. The van der Waals surface area contributed by atoms with Gasteiger partial charge in [-0.1, -0.05) is 29.8 Å². The van der Waals surface area contributed by atoms with Crippen LogP contribution >= 0.6 is 0 Å². The summed E-state index contributed by atoms with van der Waals surface area (Å²) in [6.45, 7) is 3.51. The molecule has 1 atom stereocenters. The molecule has 0 amide bonds. The summed E-state index contributed by atoms with van der Waals surface area (Å²) in [7, 11) is 0. The van der Waals surface area contributed by atoms with E-state index in [2.05, 4.69) is 0 Å². The normalized spacial score (nSPS) is 15.7. The molecule has 0 saturated heterocycles. The van der Waals surface area contributed by atoms with Gasteiger partial charge in [-0.05, 0) is 37.6 Å². The first-order valence-electron chi connectivity index (χ1n) is 7.70. The van der Waals surface area contributed by atoms with Crippen molar-refractivity contribution in [1.82, 2.24) is 0 Å². The van der Waals surface area contributed by atoms with E-state index in [4.69, 9.17) is 14.2 Å². The Morgan fingerprint density at radius 3 is 2.67 bits per heavy atom. The van der Waals surface area contributed by atoms with Gasteiger partial charge in [-0.15, -0.1) is 0 Å². The maximum absolute atomic E-state index is 12.3. The molecule has 5 heteroatoms. The van der Waals surface area contributed by atoms with Gasteiger partial charge in [-0.25, -0.2) is 4.79 Å². The molecule has 3 rings (SSSR count). The van der Waals surface area contributed by atoms with Gasteiger partial charge in [0.15, 0.2) is 18.1 Å². The van der Waals surface area contributed by atoms with Gasteiger partial charge < -0.3 is 14.2 Å². The van der Waals surface area contributed by atoms with Crippen LogP contribution in [0.25, 0.3) is 0 Å². The summed E-state index contributed by atoms with van der Waals surface area (Å²) in [5.74, 6) is 0.240. The summed E-state index contributed by atoms with van der Waals surface area (Å²) in [6.07, 6.45) is -0.869. The zero-order chi connectivity index (χ0) is 17.1. The molecule has 2 aromatic rings. The maximum atomic E-state index is 12.3. The predicted molar refractivity (Wildman–Crippen MR) is 87.6 cm³/mol. The second kappa shape index (κ2) is 6.74. The minimum absolute atomic E-state index is 0.0630. The van der Waals surface area contributed by atoms with Crippen molar-refractivity contribution in [1.29, 1.82) is 0 Å². The van der Waals surface area contributed by atoms with Crippen molar-refractivity contribution in [2.75, 3.05) is 13.2 Å². The average molecular weight is 326 g/mol. The van der Waals surface area contributed by atoms with Crippen molar-refractivity contribution in [3.8, 4) is 11.5 Å². The van der Waals surface area contributed by atoms with Crippen molar-refractivity contribution < 1.29 is 23.8 Å². The number of hydrogen-bond acceptors (Lipinski definition) is 5. The van der Waals surface area contributed by atoms with Gasteiger partial charge in [0.2, 0.25) is 11.9 Å². The molecule has 1 aliphatic rings.